The Morgan fingerprint density at radius 3 is 1.92 bits per heavy atom. The standard InChI is InChI=1S/C31H39N5O4S.3C2HF3O2/c1-40-31(39)27(15-18-41-2)34-29(37)22-35(20-24-11-7-10-23-9-3-4-13-26(23)24)21-25-12-8-17-36(25)30(38)19-33-28-14-5-6-16-32-28;3*3-2(4,5)1(6)7/h3-7,9-11,13-14,16,25,27H,8,12,15,17-22H2,1-2H3,(H,32,33)(H,34,37);3*(H,6,7)/t25-,27-;;;/m0.../s1. The number of carbonyl (C=O) groups is 6. The molecule has 62 heavy (non-hydrogen) atoms. The molecule has 1 aromatic heterocycles. The third-order valence-electron chi connectivity index (χ3n) is 8.05. The minimum Gasteiger partial charge on any atom is -0.475 e. The van der Waals surface area contributed by atoms with Gasteiger partial charge in [0.15, 0.2) is 0 Å². The van der Waals surface area contributed by atoms with Crippen molar-refractivity contribution in [1.29, 1.82) is 0 Å². The summed E-state index contributed by atoms with van der Waals surface area (Å²) < 4.78 is 100. The zero-order valence-corrected chi connectivity index (χ0v) is 33.5. The first-order chi connectivity index (χ1) is 28.8. The van der Waals surface area contributed by atoms with Gasteiger partial charge in [-0.1, -0.05) is 48.5 Å². The van der Waals surface area contributed by atoms with Crippen molar-refractivity contribution >= 4 is 64.0 Å². The van der Waals surface area contributed by atoms with Gasteiger partial charge in [0, 0.05) is 31.9 Å². The van der Waals surface area contributed by atoms with Crippen LogP contribution >= 0.6 is 11.8 Å². The Bertz CT molecular complexity index is 1860. The zero-order valence-electron chi connectivity index (χ0n) is 32.7. The summed E-state index contributed by atoms with van der Waals surface area (Å²) in [6.07, 6.45) is -9.33. The van der Waals surface area contributed by atoms with E-state index in [1.807, 2.05) is 47.6 Å². The van der Waals surface area contributed by atoms with Crippen molar-refractivity contribution < 1.29 is 88.3 Å². The number of anilines is 1. The molecule has 1 aliphatic rings. The van der Waals surface area contributed by atoms with Crippen molar-refractivity contribution in [2.45, 2.75) is 56.4 Å². The minimum absolute atomic E-state index is 0.00976. The van der Waals surface area contributed by atoms with Crippen molar-refractivity contribution in [2.24, 2.45) is 0 Å². The van der Waals surface area contributed by atoms with Gasteiger partial charge in [0.2, 0.25) is 11.8 Å². The maximum Gasteiger partial charge on any atom is 0.490 e. The number of nitrogens with zero attached hydrogens (tertiary/aromatic N) is 3. The van der Waals surface area contributed by atoms with Crippen LogP contribution in [0.2, 0.25) is 0 Å². The van der Waals surface area contributed by atoms with Gasteiger partial charge in [-0.3, -0.25) is 14.5 Å². The molecule has 25 heteroatoms. The Hall–Kier alpha value is -5.85. The van der Waals surface area contributed by atoms with Crippen LogP contribution in [0.25, 0.3) is 10.8 Å². The van der Waals surface area contributed by atoms with Crippen LogP contribution in [0.15, 0.2) is 66.9 Å². The molecule has 1 aliphatic heterocycles. The molecule has 15 nitrogen and oxygen atoms in total. The Morgan fingerprint density at radius 2 is 1.40 bits per heavy atom. The molecule has 3 aromatic rings. The average Bonchev–Trinajstić information content (AvgIpc) is 3.66. The molecule has 5 N–H and O–H groups in total. The summed E-state index contributed by atoms with van der Waals surface area (Å²) in [5.74, 6) is -7.56. The first-order valence-electron chi connectivity index (χ1n) is 17.7. The monoisotopic (exact) mass is 919 g/mol. The quantitative estimate of drug-likeness (QED) is 0.101. The number of aliphatic carboxylic acids is 3. The molecule has 2 aromatic carbocycles. The number of alkyl halides is 9. The van der Waals surface area contributed by atoms with Gasteiger partial charge >= 0.3 is 42.4 Å². The van der Waals surface area contributed by atoms with Gasteiger partial charge in [-0.2, -0.15) is 51.3 Å². The number of hydrogen-bond donors (Lipinski definition) is 5. The molecule has 1 saturated heterocycles. The second-order valence-corrected chi connectivity index (χ2v) is 13.6. The van der Waals surface area contributed by atoms with Gasteiger partial charge in [0.25, 0.3) is 0 Å². The lowest BCUT2D eigenvalue weighted by Gasteiger charge is -2.31. The van der Waals surface area contributed by atoms with E-state index in [-0.39, 0.29) is 30.9 Å². The summed E-state index contributed by atoms with van der Waals surface area (Å²) in [5.41, 5.74) is 1.11. The van der Waals surface area contributed by atoms with E-state index in [1.165, 1.54) is 7.11 Å². The van der Waals surface area contributed by atoms with Gasteiger partial charge in [-0.15, -0.1) is 0 Å². The molecule has 1 fully saturated rings. The Balaban J connectivity index is 0.000000751. The summed E-state index contributed by atoms with van der Waals surface area (Å²) in [6, 6.07) is 19.2. The summed E-state index contributed by atoms with van der Waals surface area (Å²) >= 11 is 1.61. The first-order valence-corrected chi connectivity index (χ1v) is 19.1. The van der Waals surface area contributed by atoms with Gasteiger partial charge in [-0.05, 0) is 59.7 Å². The lowest BCUT2D eigenvalue weighted by molar-refractivity contribution is -0.193. The fourth-order valence-corrected chi connectivity index (χ4v) is 5.78. The van der Waals surface area contributed by atoms with Crippen molar-refractivity contribution in [1.82, 2.24) is 20.1 Å². The molecular weight excluding hydrogens is 877 g/mol. The zero-order chi connectivity index (χ0) is 47.3. The minimum atomic E-state index is -5.08. The number of hydrogen-bond acceptors (Lipinski definition) is 11. The number of benzene rings is 2. The van der Waals surface area contributed by atoms with Crippen LogP contribution < -0.4 is 10.6 Å². The maximum atomic E-state index is 13.3. The molecular formula is C37H42F9N5O10S. The van der Waals surface area contributed by atoms with Gasteiger partial charge < -0.3 is 35.6 Å². The summed E-state index contributed by atoms with van der Waals surface area (Å²) in [7, 11) is 1.34. The highest BCUT2D eigenvalue weighted by Gasteiger charge is 2.39. The largest absolute Gasteiger partial charge is 0.490 e. The third-order valence-corrected chi connectivity index (χ3v) is 8.70. The third kappa shape index (κ3) is 20.6. The number of esters is 1. The lowest BCUT2D eigenvalue weighted by Crippen LogP contribution is -2.49. The number of likely N-dealkylation sites (tertiary alicyclic amines) is 1. The van der Waals surface area contributed by atoms with Crippen LogP contribution in [0, 0.1) is 0 Å². The number of thioether (sulfide) groups is 1. The summed E-state index contributed by atoms with van der Waals surface area (Å²) in [5, 5.41) is 29.6. The second-order valence-electron chi connectivity index (χ2n) is 12.6. The number of amides is 2. The fourth-order valence-electron chi connectivity index (χ4n) is 5.31. The van der Waals surface area contributed by atoms with E-state index >= 15 is 0 Å². The molecule has 2 atom stereocenters. The number of carbonyl (C=O) groups excluding carboxylic acids is 3. The SMILES string of the molecule is COC(=O)[C@H](CCSC)NC(=O)CN(Cc1cccc2ccccc12)C[C@@H]1CCCN1C(=O)CNc1ccccn1.O=C(O)C(F)(F)F.O=C(O)C(F)(F)F.O=C(O)C(F)(F)F. The highest BCUT2D eigenvalue weighted by molar-refractivity contribution is 7.98. The second kappa shape index (κ2) is 25.8. The van der Waals surface area contributed by atoms with E-state index in [4.69, 9.17) is 34.4 Å². The Labute approximate surface area is 351 Å². The highest BCUT2D eigenvalue weighted by Crippen LogP contribution is 2.23. The number of fused-ring (bicyclic) bond motifs is 1. The van der Waals surface area contributed by atoms with E-state index in [9.17, 15) is 53.9 Å². The molecule has 4 rings (SSSR count). The number of carboxylic acid groups (broad SMARTS) is 3. The van der Waals surface area contributed by atoms with Crippen molar-refractivity contribution in [3.05, 3.63) is 72.4 Å². The van der Waals surface area contributed by atoms with E-state index in [0.717, 1.165) is 34.9 Å². The number of pyridine rings is 1. The number of methoxy groups -OCH3 is 1. The lowest BCUT2D eigenvalue weighted by atomic mass is 10.0. The molecule has 2 heterocycles. The van der Waals surface area contributed by atoms with E-state index in [1.54, 1.807) is 18.0 Å². The number of aromatic nitrogens is 1. The van der Waals surface area contributed by atoms with Crippen molar-refractivity contribution in [3.8, 4) is 0 Å². The smallest absolute Gasteiger partial charge is 0.475 e. The highest BCUT2D eigenvalue weighted by atomic mass is 32.2. The summed E-state index contributed by atoms with van der Waals surface area (Å²) in [6.45, 7) is 2.02. The van der Waals surface area contributed by atoms with Crippen LogP contribution in [-0.4, -0.2) is 142 Å². The fraction of sp³-hybridized carbons (Fsp3) is 0.432. The molecule has 2 amide bonds. The average molecular weight is 920 g/mol. The molecule has 0 radical (unpaired) electrons. The van der Waals surface area contributed by atoms with Crippen LogP contribution in [-0.2, 0) is 40.0 Å². The number of carboxylic acids is 3. The molecule has 0 spiro atoms. The van der Waals surface area contributed by atoms with Gasteiger partial charge in [0.1, 0.15) is 11.9 Å². The molecule has 0 saturated carbocycles. The number of halogens is 9. The van der Waals surface area contributed by atoms with E-state index < -0.39 is 48.4 Å². The predicted molar refractivity (Wildman–Crippen MR) is 205 cm³/mol. The van der Waals surface area contributed by atoms with E-state index in [0.29, 0.717) is 31.9 Å². The normalized spacial score (nSPS) is 14.1. The Kier molecular flexibility index (Phi) is 22.6. The van der Waals surface area contributed by atoms with Gasteiger partial charge in [-0.25, -0.2) is 24.2 Å². The van der Waals surface area contributed by atoms with Crippen LogP contribution in [0.4, 0.5) is 45.3 Å². The number of ether oxygens (including phenoxy) is 1. The first kappa shape index (κ1) is 54.2. The number of nitrogens with one attached hydrogen (secondary N) is 2. The van der Waals surface area contributed by atoms with E-state index in [2.05, 4.69) is 44.8 Å². The molecule has 0 unspecified atom stereocenters. The van der Waals surface area contributed by atoms with Crippen molar-refractivity contribution in [2.75, 3.05) is 50.6 Å². The Morgan fingerprint density at radius 1 is 0.855 bits per heavy atom. The van der Waals surface area contributed by atoms with Crippen LogP contribution in [0.1, 0.15) is 24.8 Å². The predicted octanol–water partition coefficient (Wildman–Crippen LogP) is 5.45. The van der Waals surface area contributed by atoms with Crippen LogP contribution in [0.3, 0.4) is 0 Å². The molecule has 0 bridgehead atoms. The maximum absolute atomic E-state index is 13.3. The molecule has 0 aliphatic carbocycles. The molecule has 344 valence electrons. The summed E-state index contributed by atoms with van der Waals surface area (Å²) in [4.78, 5) is 73.7. The van der Waals surface area contributed by atoms with Gasteiger partial charge in [0.05, 0.1) is 20.2 Å². The van der Waals surface area contributed by atoms with Crippen molar-refractivity contribution in [3.63, 3.8) is 0 Å². The topological polar surface area (TPSA) is 216 Å². The number of rotatable bonds is 14. The van der Waals surface area contributed by atoms with Crippen LogP contribution in [0.5, 0.6) is 0 Å².